The van der Waals surface area contributed by atoms with Gasteiger partial charge in [0, 0.05) is 31.7 Å². The molecule has 1 atom stereocenters. The van der Waals surface area contributed by atoms with Crippen LogP contribution in [-0.4, -0.2) is 31.9 Å². The van der Waals surface area contributed by atoms with Gasteiger partial charge in [-0.2, -0.15) is 0 Å². The number of hydrogen-bond acceptors (Lipinski definition) is 6. The van der Waals surface area contributed by atoms with Crippen LogP contribution in [0, 0.1) is 12.7 Å². The monoisotopic (exact) mass is 550 g/mol. The Hall–Kier alpha value is -3.60. The second-order valence-electron chi connectivity index (χ2n) is 9.31. The van der Waals surface area contributed by atoms with E-state index in [2.05, 4.69) is 26.0 Å². The Bertz CT molecular complexity index is 1570. The van der Waals surface area contributed by atoms with E-state index in [1.165, 1.54) is 19.1 Å². The minimum Gasteiger partial charge on any atom is -0.365 e. The molecular weight excluding hydrogens is 523 g/mol. The Balaban J connectivity index is 1.46. The van der Waals surface area contributed by atoms with Gasteiger partial charge in [0.2, 0.25) is 5.91 Å². The highest BCUT2D eigenvalue weighted by Crippen LogP contribution is 2.34. The summed E-state index contributed by atoms with van der Waals surface area (Å²) in [4.78, 5) is 17.8. The first-order chi connectivity index (χ1) is 18.2. The topological polar surface area (TPSA) is 91.4 Å². The van der Waals surface area contributed by atoms with Gasteiger partial charge in [0.1, 0.15) is 5.82 Å². The number of hydrogen-bond donors (Lipinski definition) is 2. The molecule has 4 aromatic rings. The Morgan fingerprint density at radius 3 is 2.50 bits per heavy atom. The quantitative estimate of drug-likeness (QED) is 0.333. The van der Waals surface area contributed by atoms with E-state index >= 15 is 0 Å². The summed E-state index contributed by atoms with van der Waals surface area (Å²) in [5, 5.41) is 2.81. The predicted octanol–water partition coefficient (Wildman–Crippen LogP) is 5.13. The molecule has 0 radical (unpaired) electrons. The molecule has 1 aliphatic heterocycles. The van der Waals surface area contributed by atoms with Crippen LogP contribution in [0.3, 0.4) is 0 Å². The Kier molecular flexibility index (Phi) is 7.29. The van der Waals surface area contributed by atoms with E-state index in [1.54, 1.807) is 19.1 Å². The average Bonchev–Trinajstić information content (AvgIpc) is 3.24. The molecule has 0 saturated heterocycles. The van der Waals surface area contributed by atoms with Crippen molar-refractivity contribution >= 4 is 38.1 Å². The van der Waals surface area contributed by atoms with Crippen LogP contribution in [-0.2, 0) is 27.8 Å². The lowest BCUT2D eigenvalue weighted by molar-refractivity contribution is -0.114. The van der Waals surface area contributed by atoms with E-state index in [4.69, 9.17) is 0 Å². The number of carbonyl (C=O) groups is 1. The normalized spacial score (nSPS) is 15.2. The van der Waals surface area contributed by atoms with Crippen LogP contribution < -0.4 is 14.9 Å². The third-order valence-corrected chi connectivity index (χ3v) is 9.53. The fourth-order valence-corrected chi connectivity index (χ4v) is 7.42. The number of amides is 1. The maximum Gasteiger partial charge on any atom is 0.252 e. The number of benzene rings is 3. The molecule has 1 amide bonds. The average molecular weight is 551 g/mol. The minimum atomic E-state index is -3.89. The molecule has 2 N–H and O–H groups in total. The van der Waals surface area contributed by atoms with Gasteiger partial charge in [-0.3, -0.25) is 4.79 Å². The Labute approximate surface area is 225 Å². The summed E-state index contributed by atoms with van der Waals surface area (Å²) in [6.45, 7) is 4.06. The smallest absolute Gasteiger partial charge is 0.252 e. The maximum atomic E-state index is 13.5. The Morgan fingerprint density at radius 2 is 1.79 bits per heavy atom. The lowest BCUT2D eigenvalue weighted by atomic mass is 9.94. The first-order valence-corrected chi connectivity index (χ1v) is 14.4. The molecule has 38 heavy (non-hydrogen) atoms. The first kappa shape index (κ1) is 26.0. The number of halogens is 1. The van der Waals surface area contributed by atoms with Crippen LogP contribution in [0.1, 0.15) is 23.7 Å². The van der Waals surface area contributed by atoms with Gasteiger partial charge in [0.15, 0.2) is 9.34 Å². The summed E-state index contributed by atoms with van der Waals surface area (Å²) in [6, 6.07) is 22.1. The fourth-order valence-electron chi connectivity index (χ4n) is 4.71. The zero-order valence-corrected chi connectivity index (χ0v) is 22.6. The van der Waals surface area contributed by atoms with Crippen LogP contribution >= 0.6 is 11.3 Å². The van der Waals surface area contributed by atoms with Gasteiger partial charge < -0.3 is 10.2 Å². The highest BCUT2D eigenvalue weighted by atomic mass is 32.2. The molecule has 1 unspecified atom stereocenters. The standard InChI is InChI=1S/C28H27FN4O3S2/c1-18-27(37-28(30-18)31-19(2)34)38(35,36)32-25-15-23-14-22(21-8-11-24(29)12-9-21)10-13-26(23)33(17-25)16-20-6-4-3-5-7-20/h3-14,25,32H,15-17H2,1-2H3,(H,30,31,34). The number of anilines is 2. The largest absolute Gasteiger partial charge is 0.365 e. The van der Waals surface area contributed by atoms with E-state index < -0.39 is 16.1 Å². The van der Waals surface area contributed by atoms with Crippen molar-refractivity contribution in [2.24, 2.45) is 0 Å². The van der Waals surface area contributed by atoms with Crippen molar-refractivity contribution < 1.29 is 17.6 Å². The zero-order valence-electron chi connectivity index (χ0n) is 20.9. The van der Waals surface area contributed by atoms with Crippen molar-refractivity contribution in [3.8, 4) is 11.1 Å². The molecule has 196 valence electrons. The molecule has 0 bridgehead atoms. The number of aromatic nitrogens is 1. The molecule has 0 aliphatic carbocycles. The van der Waals surface area contributed by atoms with E-state index in [9.17, 15) is 17.6 Å². The van der Waals surface area contributed by atoms with Crippen LogP contribution in [0.25, 0.3) is 11.1 Å². The summed E-state index contributed by atoms with van der Waals surface area (Å²) in [5.41, 5.74) is 5.31. The number of sulfonamides is 1. The Morgan fingerprint density at radius 1 is 1.08 bits per heavy atom. The molecule has 1 aliphatic rings. The van der Waals surface area contributed by atoms with Crippen molar-refractivity contribution in [3.63, 3.8) is 0 Å². The third-order valence-electron chi connectivity index (χ3n) is 6.32. The summed E-state index contributed by atoms with van der Waals surface area (Å²) in [6.07, 6.45) is 0.491. The number of thiazole rings is 1. The van der Waals surface area contributed by atoms with Crippen LogP contribution in [0.5, 0.6) is 0 Å². The SMILES string of the molecule is CC(=O)Nc1nc(C)c(S(=O)(=O)NC2Cc3cc(-c4ccc(F)cc4)ccc3N(Cc3ccccc3)C2)s1. The van der Waals surface area contributed by atoms with Gasteiger partial charge in [-0.05, 0) is 59.9 Å². The van der Waals surface area contributed by atoms with E-state index in [-0.39, 0.29) is 21.1 Å². The first-order valence-electron chi connectivity index (χ1n) is 12.1. The number of fused-ring (bicyclic) bond motifs is 1. The number of aryl methyl sites for hydroxylation is 1. The molecule has 0 saturated carbocycles. The summed E-state index contributed by atoms with van der Waals surface area (Å²) < 4.78 is 43.3. The van der Waals surface area contributed by atoms with Gasteiger partial charge in [-0.15, -0.1) is 0 Å². The molecule has 0 spiro atoms. The molecule has 1 aromatic heterocycles. The van der Waals surface area contributed by atoms with Crippen molar-refractivity contribution in [2.45, 2.75) is 37.1 Å². The lowest BCUT2D eigenvalue weighted by Crippen LogP contribution is -2.48. The minimum absolute atomic E-state index is 0.0849. The van der Waals surface area contributed by atoms with Crippen molar-refractivity contribution in [3.05, 3.63) is 95.4 Å². The van der Waals surface area contributed by atoms with E-state index in [0.717, 1.165) is 39.3 Å². The van der Waals surface area contributed by atoms with Crippen molar-refractivity contribution in [2.75, 3.05) is 16.8 Å². The molecular formula is C28H27FN4O3S2. The third kappa shape index (κ3) is 5.77. The highest BCUT2D eigenvalue weighted by Gasteiger charge is 2.31. The zero-order chi connectivity index (χ0) is 26.9. The van der Waals surface area contributed by atoms with Crippen LogP contribution in [0.2, 0.25) is 0 Å². The number of nitrogens with one attached hydrogen (secondary N) is 2. The van der Waals surface area contributed by atoms with E-state index in [0.29, 0.717) is 25.2 Å². The summed E-state index contributed by atoms with van der Waals surface area (Å²) in [5.74, 6) is -0.608. The van der Waals surface area contributed by atoms with Gasteiger partial charge in [-0.25, -0.2) is 22.5 Å². The number of rotatable bonds is 7. The van der Waals surface area contributed by atoms with E-state index in [1.807, 2.05) is 42.5 Å². The molecule has 7 nitrogen and oxygen atoms in total. The molecule has 10 heteroatoms. The molecule has 0 fully saturated rings. The van der Waals surface area contributed by atoms with Crippen molar-refractivity contribution in [1.82, 2.24) is 9.71 Å². The van der Waals surface area contributed by atoms with Gasteiger partial charge >= 0.3 is 0 Å². The van der Waals surface area contributed by atoms with Gasteiger partial charge in [-0.1, -0.05) is 59.9 Å². The fraction of sp³-hybridized carbons (Fsp3) is 0.214. The summed E-state index contributed by atoms with van der Waals surface area (Å²) >= 11 is 0.935. The summed E-state index contributed by atoms with van der Waals surface area (Å²) in [7, 11) is -3.89. The van der Waals surface area contributed by atoms with Crippen LogP contribution in [0.15, 0.2) is 77.0 Å². The highest BCUT2D eigenvalue weighted by molar-refractivity contribution is 7.91. The second kappa shape index (κ2) is 10.6. The van der Waals surface area contributed by atoms with Gasteiger partial charge in [0.05, 0.1) is 5.69 Å². The predicted molar refractivity (Wildman–Crippen MR) is 148 cm³/mol. The van der Waals surface area contributed by atoms with Crippen LogP contribution in [0.4, 0.5) is 15.2 Å². The maximum absolute atomic E-state index is 13.5. The number of nitrogens with zero attached hydrogens (tertiary/aromatic N) is 2. The second-order valence-corrected chi connectivity index (χ2v) is 12.2. The lowest BCUT2D eigenvalue weighted by Gasteiger charge is -2.36. The molecule has 3 aromatic carbocycles. The van der Waals surface area contributed by atoms with Gasteiger partial charge in [0.25, 0.3) is 10.0 Å². The number of carbonyl (C=O) groups excluding carboxylic acids is 1. The van der Waals surface area contributed by atoms with Crippen molar-refractivity contribution in [1.29, 1.82) is 0 Å². The molecule has 5 rings (SSSR count). The molecule has 2 heterocycles.